The molecule has 1 unspecified atom stereocenters. The van der Waals surface area contributed by atoms with Gasteiger partial charge in [0.2, 0.25) is 0 Å². The molecular weight excluding hydrogens is 745 g/mol. The van der Waals surface area contributed by atoms with Crippen LogP contribution in [-0.4, -0.2) is 66.3 Å². The Labute approximate surface area is 342 Å². The van der Waals surface area contributed by atoms with Crippen molar-refractivity contribution in [3.8, 4) is 0 Å². The van der Waals surface area contributed by atoms with Crippen molar-refractivity contribution in [2.75, 3.05) is 26.4 Å². The first-order valence-electron chi connectivity index (χ1n) is 21.1. The number of hydrogen-bond acceptors (Lipinski definition) is 10. The van der Waals surface area contributed by atoms with Crippen LogP contribution in [-0.2, 0) is 37.5 Å². The molecule has 0 amide bonds. The minimum absolute atomic E-state index is 0.0132. The Balaban J connectivity index is 2.40. The van der Waals surface area contributed by atoms with E-state index in [1.807, 2.05) is 24.3 Å². The molecule has 0 saturated carbocycles. The summed E-state index contributed by atoms with van der Waals surface area (Å²) in [4.78, 5) is 47.4. The molecule has 322 valence electrons. The molecule has 0 saturated heterocycles. The van der Waals surface area contributed by atoms with Crippen LogP contribution in [0.5, 0.6) is 0 Å². The molecule has 0 bridgehead atoms. The molecule has 0 aliphatic heterocycles. The van der Waals surface area contributed by atoms with Crippen molar-refractivity contribution < 1.29 is 47.5 Å². The highest BCUT2D eigenvalue weighted by molar-refractivity contribution is 7.47. The van der Waals surface area contributed by atoms with Gasteiger partial charge in [0.05, 0.1) is 19.3 Å². The van der Waals surface area contributed by atoms with Crippen LogP contribution in [0.2, 0.25) is 0 Å². The molecule has 0 radical (unpaired) electrons. The van der Waals surface area contributed by atoms with Gasteiger partial charge in [0.15, 0.2) is 11.9 Å². The highest BCUT2D eigenvalue weighted by atomic mass is 31.2. The van der Waals surface area contributed by atoms with Gasteiger partial charge in [-0.15, -0.1) is 0 Å². The molecule has 1 rings (SSSR count). The van der Waals surface area contributed by atoms with Crippen LogP contribution < -0.4 is 5.73 Å². The number of nitrogens with two attached hydrogens (primary N) is 1. The summed E-state index contributed by atoms with van der Waals surface area (Å²) >= 11 is 0. The van der Waals surface area contributed by atoms with E-state index in [-0.39, 0.29) is 50.2 Å². The predicted molar refractivity (Wildman–Crippen MR) is 228 cm³/mol. The molecule has 57 heavy (non-hydrogen) atoms. The number of phosphoric ester groups is 1. The summed E-state index contributed by atoms with van der Waals surface area (Å²) in [5.41, 5.74) is 5.34. The summed E-state index contributed by atoms with van der Waals surface area (Å²) in [6, 6.07) is 0. The Hall–Kier alpha value is -3.18. The van der Waals surface area contributed by atoms with Crippen molar-refractivity contribution >= 4 is 25.5 Å². The van der Waals surface area contributed by atoms with Crippen LogP contribution in [0.3, 0.4) is 0 Å². The van der Waals surface area contributed by atoms with Crippen LogP contribution >= 0.6 is 7.82 Å². The fraction of sp³-hybridized carbons (Fsp3) is 0.622. The van der Waals surface area contributed by atoms with Gasteiger partial charge in [-0.25, -0.2) is 4.57 Å². The number of aliphatic hydroxyl groups excluding tert-OH is 1. The quantitative estimate of drug-likeness (QED) is 0.0241. The number of esters is 2. The largest absolute Gasteiger partial charge is 0.472 e. The Morgan fingerprint density at radius 1 is 0.807 bits per heavy atom. The van der Waals surface area contributed by atoms with E-state index in [1.165, 1.54) is 0 Å². The molecule has 5 atom stereocenters. The molecule has 0 aromatic heterocycles. The van der Waals surface area contributed by atoms with Gasteiger partial charge in [-0.3, -0.25) is 23.4 Å². The SMILES string of the molecule is CC/C=C\C/C=C\C/C=C\C/C=C\CCCCCCC(=O)OC[C@H](COP(=O)(O)OCCN)OC(=O)CCC/C=C\C[C@H]1C=CC(=O)[C@@H]1/C=C/[C@@H](O)CCCCC. The number of aliphatic hydroxyl groups is 1. The van der Waals surface area contributed by atoms with Gasteiger partial charge >= 0.3 is 19.8 Å². The minimum atomic E-state index is -4.44. The zero-order valence-corrected chi connectivity index (χ0v) is 35.5. The van der Waals surface area contributed by atoms with Gasteiger partial charge in [-0.2, -0.15) is 0 Å². The van der Waals surface area contributed by atoms with E-state index >= 15 is 0 Å². The molecule has 0 fully saturated rings. The number of allylic oxidation sites excluding steroid dienone is 13. The second-order valence-corrected chi connectivity index (χ2v) is 15.6. The Morgan fingerprint density at radius 2 is 1.46 bits per heavy atom. The maximum atomic E-state index is 12.7. The van der Waals surface area contributed by atoms with Gasteiger partial charge in [0.25, 0.3) is 0 Å². The van der Waals surface area contributed by atoms with E-state index < -0.39 is 38.6 Å². The van der Waals surface area contributed by atoms with Crippen LogP contribution in [0.25, 0.3) is 0 Å². The first-order chi connectivity index (χ1) is 27.6. The molecule has 0 aromatic carbocycles. The molecule has 12 heteroatoms. The first kappa shape index (κ1) is 51.8. The maximum absolute atomic E-state index is 12.7. The number of carbonyl (C=O) groups excluding carboxylic acids is 3. The second-order valence-electron chi connectivity index (χ2n) is 14.1. The summed E-state index contributed by atoms with van der Waals surface area (Å²) in [7, 11) is -4.44. The van der Waals surface area contributed by atoms with E-state index in [1.54, 1.807) is 12.2 Å². The summed E-state index contributed by atoms with van der Waals surface area (Å²) in [6.07, 6.45) is 41.0. The number of rotatable bonds is 35. The maximum Gasteiger partial charge on any atom is 0.472 e. The minimum Gasteiger partial charge on any atom is -0.462 e. The standard InChI is InChI=1S/C45H72NO10P/c1-3-5-7-8-9-10-11-12-13-14-15-16-17-18-19-20-25-29-44(49)53-37-41(38-55-57(51,52)54-36-35-46)56-45(50)30-26-22-21-24-27-39-31-34-43(48)42(39)33-32-40(47)28-23-6-4-2/h5,7,9-10,12-13,15-16,21,24,31-34,39-42,47H,3-4,6,8,11,14,17-20,22-23,25-30,35-38,46H2,1-2H3,(H,51,52)/b7-5-,10-9-,13-12-,16-15-,24-21-,33-32+/t39-,40-,41+,42+/m0/s1. The van der Waals surface area contributed by atoms with E-state index in [2.05, 4.69) is 62.5 Å². The average Bonchev–Trinajstić information content (AvgIpc) is 3.54. The highest BCUT2D eigenvalue weighted by Gasteiger charge is 2.27. The third-order valence-corrected chi connectivity index (χ3v) is 10.00. The lowest BCUT2D eigenvalue weighted by Crippen LogP contribution is -2.29. The van der Waals surface area contributed by atoms with E-state index in [4.69, 9.17) is 24.3 Å². The van der Waals surface area contributed by atoms with Crippen LogP contribution in [0.4, 0.5) is 0 Å². The molecule has 11 nitrogen and oxygen atoms in total. The average molecular weight is 818 g/mol. The number of ether oxygens (including phenoxy) is 2. The Kier molecular flexibility index (Phi) is 31.7. The van der Waals surface area contributed by atoms with Crippen molar-refractivity contribution in [1.82, 2.24) is 0 Å². The van der Waals surface area contributed by atoms with Crippen molar-refractivity contribution in [3.63, 3.8) is 0 Å². The van der Waals surface area contributed by atoms with Crippen molar-refractivity contribution in [3.05, 3.63) is 85.1 Å². The van der Waals surface area contributed by atoms with E-state index in [0.717, 1.165) is 70.6 Å². The zero-order valence-electron chi connectivity index (χ0n) is 34.6. The van der Waals surface area contributed by atoms with Crippen molar-refractivity contribution in [2.45, 2.75) is 142 Å². The molecule has 0 heterocycles. The normalized spacial score (nSPS) is 18.3. The third-order valence-electron chi connectivity index (χ3n) is 9.01. The molecule has 1 aliphatic rings. The van der Waals surface area contributed by atoms with Gasteiger partial charge in [-0.1, -0.05) is 125 Å². The number of phosphoric acid groups is 1. The van der Waals surface area contributed by atoms with Crippen LogP contribution in [0, 0.1) is 11.8 Å². The molecule has 1 aliphatic carbocycles. The van der Waals surface area contributed by atoms with Gasteiger partial charge in [0.1, 0.15) is 6.61 Å². The molecule has 0 aromatic rings. The summed E-state index contributed by atoms with van der Waals surface area (Å²) < 4.78 is 32.7. The fourth-order valence-corrected chi connectivity index (χ4v) is 6.56. The zero-order chi connectivity index (χ0) is 41.8. The van der Waals surface area contributed by atoms with E-state index in [9.17, 15) is 28.9 Å². The lowest BCUT2D eigenvalue weighted by atomic mass is 9.90. The summed E-state index contributed by atoms with van der Waals surface area (Å²) in [6.45, 7) is 3.23. The van der Waals surface area contributed by atoms with Gasteiger partial charge < -0.3 is 25.2 Å². The predicted octanol–water partition coefficient (Wildman–Crippen LogP) is 9.66. The van der Waals surface area contributed by atoms with Crippen LogP contribution in [0.1, 0.15) is 129 Å². The fourth-order valence-electron chi connectivity index (χ4n) is 5.79. The summed E-state index contributed by atoms with van der Waals surface area (Å²) in [5.74, 6) is -1.26. The van der Waals surface area contributed by atoms with Gasteiger partial charge in [0, 0.05) is 25.3 Å². The third kappa shape index (κ3) is 29.7. The van der Waals surface area contributed by atoms with Gasteiger partial charge in [-0.05, 0) is 82.6 Å². The smallest absolute Gasteiger partial charge is 0.462 e. The first-order valence-corrected chi connectivity index (χ1v) is 22.6. The Morgan fingerprint density at radius 3 is 2.16 bits per heavy atom. The number of unbranched alkanes of at least 4 members (excludes halogenated alkanes) is 7. The topological polar surface area (TPSA) is 172 Å². The van der Waals surface area contributed by atoms with Crippen LogP contribution in [0.15, 0.2) is 85.1 Å². The molecule has 4 N–H and O–H groups in total. The van der Waals surface area contributed by atoms with Crippen molar-refractivity contribution in [2.24, 2.45) is 17.6 Å². The Bertz CT molecular complexity index is 1350. The molecular formula is C45H72NO10P. The number of hydrogen-bond donors (Lipinski definition) is 3. The lowest BCUT2D eigenvalue weighted by molar-refractivity contribution is -0.161. The lowest BCUT2D eigenvalue weighted by Gasteiger charge is -2.19. The molecule has 0 spiro atoms. The van der Waals surface area contributed by atoms with Crippen molar-refractivity contribution in [1.29, 1.82) is 0 Å². The number of ketones is 1. The second kappa shape index (κ2) is 34.8. The summed E-state index contributed by atoms with van der Waals surface area (Å²) in [5, 5.41) is 10.2. The monoisotopic (exact) mass is 817 g/mol. The highest BCUT2D eigenvalue weighted by Crippen LogP contribution is 2.43. The number of carbonyl (C=O) groups is 3. The van der Waals surface area contributed by atoms with E-state index in [0.29, 0.717) is 32.1 Å².